The Morgan fingerprint density at radius 3 is 2.38 bits per heavy atom. The molecule has 2 nitrogen and oxygen atoms in total. The van der Waals surface area contributed by atoms with E-state index in [1.807, 2.05) is 0 Å². The number of halogens is 5. The highest BCUT2D eigenvalue weighted by atomic mass is 35.5. The van der Waals surface area contributed by atoms with Crippen molar-refractivity contribution in [3.05, 3.63) is 76.5 Å². The van der Waals surface area contributed by atoms with Crippen LogP contribution in [0.5, 0.6) is 0 Å². The van der Waals surface area contributed by atoms with Gasteiger partial charge < -0.3 is 5.32 Å². The summed E-state index contributed by atoms with van der Waals surface area (Å²) in [6.07, 6.45) is -1.32. The maximum atomic E-state index is 14.0. The molecule has 1 N–H and O–H groups in total. The molecule has 26 heavy (non-hydrogen) atoms. The first-order chi connectivity index (χ1) is 12.1. The molecule has 7 heteroatoms. The first-order valence-corrected chi connectivity index (χ1v) is 8.44. The monoisotopic (exact) mass is 384 g/mol. The van der Waals surface area contributed by atoms with Gasteiger partial charge in [-0.05, 0) is 61.6 Å². The van der Waals surface area contributed by atoms with E-state index in [1.54, 1.807) is 19.1 Å². The van der Waals surface area contributed by atoms with Crippen LogP contribution in [0.3, 0.4) is 0 Å². The molecule has 1 aromatic heterocycles. The summed E-state index contributed by atoms with van der Waals surface area (Å²) in [5.74, 6) is -0.703. The molecule has 1 heterocycles. The molecule has 0 radical (unpaired) electrons. The van der Waals surface area contributed by atoms with E-state index >= 15 is 0 Å². The molecule has 1 aromatic carbocycles. The lowest BCUT2D eigenvalue weighted by molar-refractivity contribution is -0.137. The summed E-state index contributed by atoms with van der Waals surface area (Å²) in [4.78, 5) is 4.24. The lowest BCUT2D eigenvalue weighted by atomic mass is 9.86. The molecule has 0 aliphatic heterocycles. The van der Waals surface area contributed by atoms with Gasteiger partial charge in [0, 0.05) is 11.9 Å². The summed E-state index contributed by atoms with van der Waals surface area (Å²) in [7, 11) is 0. The van der Waals surface area contributed by atoms with Crippen molar-refractivity contribution < 1.29 is 17.6 Å². The third-order valence-electron chi connectivity index (χ3n) is 4.52. The van der Waals surface area contributed by atoms with Crippen molar-refractivity contribution in [1.82, 2.24) is 10.3 Å². The topological polar surface area (TPSA) is 24.9 Å². The maximum Gasteiger partial charge on any atom is 0.416 e. The molecule has 0 bridgehead atoms. The molecule has 1 fully saturated rings. The lowest BCUT2D eigenvalue weighted by Gasteiger charge is -2.33. The van der Waals surface area contributed by atoms with Crippen LogP contribution in [0.2, 0.25) is 5.02 Å². The first kappa shape index (κ1) is 18.7. The van der Waals surface area contributed by atoms with Crippen LogP contribution >= 0.6 is 11.6 Å². The minimum Gasteiger partial charge on any atom is -0.374 e. The third-order valence-corrected chi connectivity index (χ3v) is 4.75. The normalized spacial score (nSPS) is 16.8. The van der Waals surface area contributed by atoms with E-state index in [2.05, 4.69) is 16.9 Å². The zero-order valence-electron chi connectivity index (χ0n) is 14.0. The molecule has 2 aromatic rings. The van der Waals surface area contributed by atoms with Crippen LogP contribution in [0.4, 0.5) is 17.6 Å². The molecule has 0 unspecified atom stereocenters. The summed E-state index contributed by atoms with van der Waals surface area (Å²) in [5.41, 5.74) is -1.01. The number of allylic oxidation sites excluding steroid dienone is 1. The fourth-order valence-electron chi connectivity index (χ4n) is 2.85. The van der Waals surface area contributed by atoms with E-state index < -0.39 is 23.1 Å². The average Bonchev–Trinajstić information content (AvgIpc) is 3.39. The quantitative estimate of drug-likeness (QED) is 0.672. The predicted molar refractivity (Wildman–Crippen MR) is 92.1 cm³/mol. The Kier molecular flexibility index (Phi) is 4.73. The van der Waals surface area contributed by atoms with E-state index in [9.17, 15) is 17.6 Å². The second-order valence-corrected chi connectivity index (χ2v) is 7.07. The van der Waals surface area contributed by atoms with Crippen molar-refractivity contribution in [3.63, 3.8) is 0 Å². The Morgan fingerprint density at radius 2 is 1.85 bits per heavy atom. The van der Waals surface area contributed by atoms with E-state index in [0.717, 1.165) is 25.0 Å². The van der Waals surface area contributed by atoms with Gasteiger partial charge in [0.15, 0.2) is 0 Å². The fourth-order valence-corrected chi connectivity index (χ4v) is 2.96. The van der Waals surface area contributed by atoms with Gasteiger partial charge in [-0.25, -0.2) is 4.39 Å². The molecule has 138 valence electrons. The average molecular weight is 385 g/mol. The van der Waals surface area contributed by atoms with Gasteiger partial charge in [-0.2, -0.15) is 13.2 Å². The van der Waals surface area contributed by atoms with Crippen molar-refractivity contribution in [1.29, 1.82) is 0 Å². The van der Waals surface area contributed by atoms with Crippen molar-refractivity contribution in [2.24, 2.45) is 5.92 Å². The zero-order valence-corrected chi connectivity index (χ0v) is 14.8. The van der Waals surface area contributed by atoms with E-state index in [0.29, 0.717) is 22.5 Å². The summed E-state index contributed by atoms with van der Waals surface area (Å²) in [6.45, 7) is 5.64. The highest BCUT2D eigenvalue weighted by Gasteiger charge is 2.38. The number of aromatic nitrogens is 1. The molecular formula is C19H17ClF4N2. The van der Waals surface area contributed by atoms with E-state index in [1.165, 1.54) is 6.20 Å². The van der Waals surface area contributed by atoms with Gasteiger partial charge in [-0.3, -0.25) is 4.98 Å². The van der Waals surface area contributed by atoms with Gasteiger partial charge >= 0.3 is 6.18 Å². The number of pyridine rings is 1. The SMILES string of the molecule is C=C(N[C@@](C)(c1cc(F)cc(C(F)(F)F)c1)c1ccc(Cl)cn1)C1CC1. The largest absolute Gasteiger partial charge is 0.416 e. The zero-order chi connectivity index (χ0) is 19.1. The van der Waals surface area contributed by atoms with Crippen molar-refractivity contribution in [2.45, 2.75) is 31.5 Å². The first-order valence-electron chi connectivity index (χ1n) is 8.07. The van der Waals surface area contributed by atoms with Gasteiger partial charge in [0.05, 0.1) is 16.3 Å². The van der Waals surface area contributed by atoms with Crippen LogP contribution in [0.1, 0.15) is 36.6 Å². The number of nitrogens with one attached hydrogen (secondary N) is 1. The van der Waals surface area contributed by atoms with Crippen LogP contribution in [0.15, 0.2) is 48.8 Å². The fraction of sp³-hybridized carbons (Fsp3) is 0.316. The maximum absolute atomic E-state index is 14.0. The van der Waals surface area contributed by atoms with Crippen LogP contribution in [0.25, 0.3) is 0 Å². The summed E-state index contributed by atoms with van der Waals surface area (Å²) >= 11 is 5.88. The second kappa shape index (κ2) is 6.58. The second-order valence-electron chi connectivity index (χ2n) is 6.64. The van der Waals surface area contributed by atoms with Crippen molar-refractivity contribution in [2.75, 3.05) is 0 Å². The summed E-state index contributed by atoms with van der Waals surface area (Å²) < 4.78 is 53.4. The number of hydrogen-bond donors (Lipinski definition) is 1. The number of alkyl halides is 3. The van der Waals surface area contributed by atoms with Gasteiger partial charge in [0.1, 0.15) is 11.4 Å². The summed E-state index contributed by atoms with van der Waals surface area (Å²) in [6, 6.07) is 5.70. The number of nitrogens with zero attached hydrogens (tertiary/aromatic N) is 1. The molecule has 1 atom stereocenters. The van der Waals surface area contributed by atoms with Crippen molar-refractivity contribution in [3.8, 4) is 0 Å². The molecular weight excluding hydrogens is 368 g/mol. The molecule has 1 aliphatic carbocycles. The van der Waals surface area contributed by atoms with Gasteiger partial charge in [0.2, 0.25) is 0 Å². The highest BCUT2D eigenvalue weighted by molar-refractivity contribution is 6.30. The van der Waals surface area contributed by atoms with E-state index in [4.69, 9.17) is 11.6 Å². The van der Waals surface area contributed by atoms with Gasteiger partial charge in [-0.15, -0.1) is 0 Å². The lowest BCUT2D eigenvalue weighted by Crippen LogP contribution is -2.41. The molecule has 0 amide bonds. The molecule has 1 saturated carbocycles. The summed E-state index contributed by atoms with van der Waals surface area (Å²) in [5, 5.41) is 3.57. The van der Waals surface area contributed by atoms with Gasteiger partial charge in [-0.1, -0.05) is 18.2 Å². The van der Waals surface area contributed by atoms with Crippen LogP contribution in [-0.2, 0) is 11.7 Å². The van der Waals surface area contributed by atoms with Gasteiger partial charge in [0.25, 0.3) is 0 Å². The Morgan fingerprint density at radius 1 is 1.19 bits per heavy atom. The molecule has 0 spiro atoms. The third kappa shape index (κ3) is 3.85. The number of benzene rings is 1. The Hall–Kier alpha value is -2.08. The highest BCUT2D eigenvalue weighted by Crippen LogP contribution is 2.39. The minimum absolute atomic E-state index is 0.112. The van der Waals surface area contributed by atoms with Crippen LogP contribution < -0.4 is 5.32 Å². The van der Waals surface area contributed by atoms with Crippen LogP contribution in [0, 0.1) is 11.7 Å². The Balaban J connectivity index is 2.12. The smallest absolute Gasteiger partial charge is 0.374 e. The number of hydrogen-bond acceptors (Lipinski definition) is 2. The minimum atomic E-state index is -4.65. The standard InChI is InChI=1S/C19H17ClF4N2/c1-11(12-3-4-12)26-18(2,17-6-5-15(20)10-25-17)13-7-14(19(22,23)24)9-16(21)8-13/h5-10,12,26H,1,3-4H2,2H3/t18-/m0/s1. The molecule has 3 rings (SSSR count). The molecule has 0 saturated heterocycles. The van der Waals surface area contributed by atoms with Crippen molar-refractivity contribution >= 4 is 11.6 Å². The number of rotatable bonds is 5. The molecule has 1 aliphatic rings. The predicted octanol–water partition coefficient (Wildman–Crippen LogP) is 5.67. The Bertz CT molecular complexity index is 828. The van der Waals surface area contributed by atoms with E-state index in [-0.39, 0.29) is 11.5 Å². The van der Waals surface area contributed by atoms with Crippen LogP contribution in [-0.4, -0.2) is 4.98 Å². The Labute approximate surface area is 153 Å².